The van der Waals surface area contributed by atoms with Gasteiger partial charge in [0.15, 0.2) is 5.78 Å². The molecule has 3 aliphatic rings. The van der Waals surface area contributed by atoms with Crippen LogP contribution in [0.1, 0.15) is 33.3 Å². The Hall–Kier alpha value is -2.63. The second kappa shape index (κ2) is 7.44. The molecule has 2 aromatic carbocycles. The lowest BCUT2D eigenvalue weighted by atomic mass is 9.79. The van der Waals surface area contributed by atoms with Crippen molar-refractivity contribution in [3.05, 3.63) is 64.1 Å². The summed E-state index contributed by atoms with van der Waals surface area (Å²) in [7, 11) is 0. The van der Waals surface area contributed by atoms with E-state index in [1.165, 1.54) is 4.90 Å². The maximum Gasteiger partial charge on any atom is 0.240 e. The fourth-order valence-corrected chi connectivity index (χ4v) is 5.70. The van der Waals surface area contributed by atoms with Gasteiger partial charge in [-0.25, -0.2) is 4.90 Å². The molecule has 0 saturated carbocycles. The average Bonchev–Trinajstić information content (AvgIpc) is 3.21. The highest BCUT2D eigenvalue weighted by molar-refractivity contribution is 6.31. The number of Topliss-reactive ketones (excluding diaryl/α,β-unsaturated/α-hetero) is 1. The molecule has 7 heteroatoms. The smallest absolute Gasteiger partial charge is 0.240 e. The fraction of sp³-hybridized carbons (Fsp3) is 0.346. The topological polar surface area (TPSA) is 57.7 Å². The van der Waals surface area contributed by atoms with Gasteiger partial charge in [0.1, 0.15) is 6.04 Å². The highest BCUT2D eigenvalue weighted by Gasteiger charge is 2.65. The van der Waals surface area contributed by atoms with Gasteiger partial charge in [-0.15, -0.1) is 0 Å². The Labute approximate surface area is 203 Å². The first-order chi connectivity index (χ1) is 15.5. The van der Waals surface area contributed by atoms with Crippen LogP contribution in [0.2, 0.25) is 10.0 Å². The molecular formula is C26H24Cl2N2O3. The number of allylic oxidation sites excluding steroid dienone is 1. The van der Waals surface area contributed by atoms with Gasteiger partial charge in [-0.3, -0.25) is 14.4 Å². The van der Waals surface area contributed by atoms with E-state index in [1.54, 1.807) is 30.3 Å². The van der Waals surface area contributed by atoms with E-state index in [-0.39, 0.29) is 17.6 Å². The third-order valence-electron chi connectivity index (χ3n) is 6.90. The number of hydrogen-bond donors (Lipinski definition) is 0. The quantitative estimate of drug-likeness (QED) is 0.538. The molecule has 0 unspecified atom stereocenters. The number of amides is 2. The zero-order valence-electron chi connectivity index (χ0n) is 18.8. The molecule has 2 aromatic rings. The minimum atomic E-state index is -0.768. The SMILES string of the molecule is CC1=C[C@@H]2[C@@H]3C(=O)N(c4ccc(Cl)cc4)C(=O)[C@H]3[C@@H](C(=O)C(C)(C)C)N2c2ccc(Cl)cc21. The maximum atomic E-state index is 13.8. The van der Waals surface area contributed by atoms with Crippen molar-refractivity contribution in [3.8, 4) is 0 Å². The number of anilines is 2. The largest absolute Gasteiger partial charge is 0.353 e. The molecule has 33 heavy (non-hydrogen) atoms. The van der Waals surface area contributed by atoms with E-state index in [0.29, 0.717) is 15.7 Å². The molecule has 5 rings (SSSR count). The van der Waals surface area contributed by atoms with Crippen molar-refractivity contribution in [2.45, 2.75) is 39.8 Å². The third kappa shape index (κ3) is 3.24. The molecule has 2 fully saturated rings. The molecule has 4 atom stereocenters. The zero-order chi connectivity index (χ0) is 23.8. The number of hydrogen-bond acceptors (Lipinski definition) is 4. The highest BCUT2D eigenvalue weighted by atomic mass is 35.5. The predicted octanol–water partition coefficient (Wildman–Crippen LogP) is 5.39. The Kier molecular flexibility index (Phi) is 5.00. The van der Waals surface area contributed by atoms with Crippen LogP contribution in [0.25, 0.3) is 5.57 Å². The highest BCUT2D eigenvalue weighted by Crippen LogP contribution is 2.52. The Morgan fingerprint density at radius 2 is 1.52 bits per heavy atom. The molecule has 170 valence electrons. The molecule has 0 bridgehead atoms. The first-order valence-corrected chi connectivity index (χ1v) is 11.7. The monoisotopic (exact) mass is 482 g/mol. The standard InChI is InChI=1S/C26H24Cl2N2O3/c1-13-11-19-20-21(25(33)29(24(20)32)16-8-5-14(27)6-9-16)22(23(31)26(2,3)4)30(19)18-10-7-15(28)12-17(13)18/h5-12,19-22H,1-4H3/t19-,20+,21-,22+/m1/s1. The first-order valence-electron chi connectivity index (χ1n) is 10.9. The molecule has 0 spiro atoms. The number of benzene rings is 2. The maximum absolute atomic E-state index is 13.8. The van der Waals surface area contributed by atoms with Crippen LogP contribution >= 0.6 is 23.2 Å². The van der Waals surface area contributed by atoms with Crippen LogP contribution in [0.3, 0.4) is 0 Å². The summed E-state index contributed by atoms with van der Waals surface area (Å²) in [4.78, 5) is 44.5. The fourth-order valence-electron chi connectivity index (χ4n) is 5.40. The Morgan fingerprint density at radius 1 is 0.909 bits per heavy atom. The minimum Gasteiger partial charge on any atom is -0.353 e. The lowest BCUT2D eigenvalue weighted by Gasteiger charge is -2.39. The van der Waals surface area contributed by atoms with Crippen molar-refractivity contribution in [2.75, 3.05) is 9.80 Å². The molecule has 2 saturated heterocycles. The van der Waals surface area contributed by atoms with Crippen LogP contribution in [-0.4, -0.2) is 29.7 Å². The van der Waals surface area contributed by atoms with Crippen molar-refractivity contribution >= 4 is 57.7 Å². The Balaban J connectivity index is 1.68. The van der Waals surface area contributed by atoms with Crippen molar-refractivity contribution in [1.82, 2.24) is 0 Å². The number of ketones is 1. The van der Waals surface area contributed by atoms with E-state index in [4.69, 9.17) is 23.2 Å². The average molecular weight is 483 g/mol. The molecular weight excluding hydrogens is 459 g/mol. The first kappa shape index (κ1) is 22.2. The van der Waals surface area contributed by atoms with Crippen LogP contribution in [0.5, 0.6) is 0 Å². The normalized spacial score (nSPS) is 26.2. The molecule has 5 nitrogen and oxygen atoms in total. The van der Waals surface area contributed by atoms with Gasteiger partial charge in [0.2, 0.25) is 11.8 Å². The summed E-state index contributed by atoms with van der Waals surface area (Å²) in [5.41, 5.74) is 2.51. The Morgan fingerprint density at radius 3 is 2.15 bits per heavy atom. The van der Waals surface area contributed by atoms with E-state index in [1.807, 2.05) is 50.8 Å². The summed E-state index contributed by atoms with van der Waals surface area (Å²) < 4.78 is 0. The summed E-state index contributed by atoms with van der Waals surface area (Å²) in [6.45, 7) is 7.52. The van der Waals surface area contributed by atoms with Crippen molar-refractivity contribution in [1.29, 1.82) is 0 Å². The van der Waals surface area contributed by atoms with Gasteiger partial charge < -0.3 is 4.90 Å². The van der Waals surface area contributed by atoms with Crippen molar-refractivity contribution < 1.29 is 14.4 Å². The molecule has 2 amide bonds. The number of rotatable bonds is 2. The van der Waals surface area contributed by atoms with Gasteiger partial charge in [-0.1, -0.05) is 50.0 Å². The molecule has 0 N–H and O–H groups in total. The van der Waals surface area contributed by atoms with Crippen LogP contribution in [-0.2, 0) is 14.4 Å². The van der Waals surface area contributed by atoms with E-state index >= 15 is 0 Å². The number of fused-ring (bicyclic) bond motifs is 5. The molecule has 0 aliphatic carbocycles. The number of halogens is 2. The van der Waals surface area contributed by atoms with Crippen molar-refractivity contribution in [3.63, 3.8) is 0 Å². The van der Waals surface area contributed by atoms with Gasteiger partial charge in [-0.05, 0) is 55.0 Å². The predicted molar refractivity (Wildman–Crippen MR) is 131 cm³/mol. The van der Waals surface area contributed by atoms with E-state index in [0.717, 1.165) is 16.8 Å². The number of nitrogens with zero attached hydrogens (tertiary/aromatic N) is 2. The van der Waals surface area contributed by atoms with Crippen molar-refractivity contribution in [2.24, 2.45) is 17.3 Å². The second-order valence-electron chi connectivity index (χ2n) is 10.0. The summed E-state index contributed by atoms with van der Waals surface area (Å²) in [6, 6.07) is 11.0. The minimum absolute atomic E-state index is 0.0621. The number of carbonyl (C=O) groups is 3. The summed E-state index contributed by atoms with van der Waals surface area (Å²) in [5, 5.41) is 1.12. The lowest BCUT2D eigenvalue weighted by Crippen LogP contribution is -2.51. The van der Waals surface area contributed by atoms with Crippen LogP contribution in [0.15, 0.2) is 48.5 Å². The zero-order valence-corrected chi connectivity index (χ0v) is 20.3. The van der Waals surface area contributed by atoms with Crippen LogP contribution < -0.4 is 9.80 Å². The molecule has 3 aliphatic heterocycles. The van der Waals surface area contributed by atoms with Crippen LogP contribution in [0.4, 0.5) is 11.4 Å². The third-order valence-corrected chi connectivity index (χ3v) is 7.39. The van der Waals surface area contributed by atoms with Gasteiger partial charge >= 0.3 is 0 Å². The lowest BCUT2D eigenvalue weighted by molar-refractivity contribution is -0.132. The summed E-state index contributed by atoms with van der Waals surface area (Å²) in [5.74, 6) is -2.11. The molecule has 0 radical (unpaired) electrons. The summed E-state index contributed by atoms with van der Waals surface area (Å²) >= 11 is 12.3. The second-order valence-corrected chi connectivity index (χ2v) is 10.9. The van der Waals surface area contributed by atoms with Gasteiger partial charge in [0.05, 0.1) is 23.6 Å². The molecule has 0 aromatic heterocycles. The number of carbonyl (C=O) groups excluding carboxylic acids is 3. The Bertz CT molecular complexity index is 1230. The van der Waals surface area contributed by atoms with E-state index in [9.17, 15) is 14.4 Å². The molecule has 3 heterocycles. The van der Waals surface area contributed by atoms with Gasteiger partial charge in [-0.2, -0.15) is 0 Å². The van der Waals surface area contributed by atoms with E-state index < -0.39 is 29.3 Å². The van der Waals surface area contributed by atoms with E-state index in [2.05, 4.69) is 0 Å². The van der Waals surface area contributed by atoms with Gasteiger partial charge in [0.25, 0.3) is 0 Å². The summed E-state index contributed by atoms with van der Waals surface area (Å²) in [6.07, 6.45) is 2.00. The number of imide groups is 1. The van der Waals surface area contributed by atoms with Gasteiger partial charge in [0, 0.05) is 26.7 Å². The van der Waals surface area contributed by atoms with Crippen LogP contribution in [0, 0.1) is 17.3 Å².